The zero-order chi connectivity index (χ0) is 9.02. The summed E-state index contributed by atoms with van der Waals surface area (Å²) < 4.78 is 0. The topological polar surface area (TPSA) is 44.1 Å². The van der Waals surface area contributed by atoms with Crippen LogP contribution in [0.4, 0.5) is 0 Å². The van der Waals surface area contributed by atoms with Gasteiger partial charge in [0.05, 0.1) is 6.07 Å². The molecule has 1 unspecified atom stereocenters. The van der Waals surface area contributed by atoms with E-state index in [1.807, 2.05) is 19.9 Å². The Morgan fingerprint density at radius 2 is 1.91 bits per heavy atom. The van der Waals surface area contributed by atoms with Crippen LogP contribution in [-0.4, -0.2) is 24.9 Å². The summed E-state index contributed by atoms with van der Waals surface area (Å²) in [5.41, 5.74) is 0. The first kappa shape index (κ1) is 9.96. The van der Waals surface area contributed by atoms with Gasteiger partial charge in [0.25, 0.3) is 0 Å². The number of rotatable bonds is 2. The molecule has 11 heavy (non-hydrogen) atoms. The van der Waals surface area contributed by atoms with E-state index in [1.165, 1.54) is 4.90 Å². The molecular formula is C8H14N2O. The molecule has 3 heteroatoms. The third-order valence-corrected chi connectivity index (χ3v) is 1.51. The van der Waals surface area contributed by atoms with Crippen LogP contribution in [0, 0.1) is 23.2 Å². The Balaban J connectivity index is 4.30. The molecule has 0 spiro atoms. The smallest absolute Gasteiger partial charge is 0.239 e. The Labute approximate surface area is 67.6 Å². The lowest BCUT2D eigenvalue weighted by Gasteiger charge is -2.16. The van der Waals surface area contributed by atoms with Gasteiger partial charge in [-0.25, -0.2) is 0 Å². The number of nitrogens with zero attached hydrogens (tertiary/aromatic N) is 2. The first-order valence-electron chi connectivity index (χ1n) is 3.61. The van der Waals surface area contributed by atoms with Gasteiger partial charge in [-0.3, -0.25) is 4.79 Å². The standard InChI is InChI=1S/C8H14N2O/c1-6(2)7(5-9)8(11)10(3)4/h6-7H,1-4H3. The maximum absolute atomic E-state index is 11.2. The fourth-order valence-electron chi connectivity index (χ4n) is 0.768. The van der Waals surface area contributed by atoms with Crippen molar-refractivity contribution < 1.29 is 4.79 Å². The second-order valence-electron chi connectivity index (χ2n) is 3.08. The van der Waals surface area contributed by atoms with Gasteiger partial charge in [-0.15, -0.1) is 0 Å². The average Bonchev–Trinajstić information content (AvgIpc) is 1.88. The predicted octanol–water partition coefficient (Wildman–Crippen LogP) is 0.870. The molecule has 0 aromatic carbocycles. The lowest BCUT2D eigenvalue weighted by atomic mass is 9.96. The van der Waals surface area contributed by atoms with Crippen molar-refractivity contribution in [3.8, 4) is 6.07 Å². The van der Waals surface area contributed by atoms with Crippen LogP contribution in [0.25, 0.3) is 0 Å². The summed E-state index contributed by atoms with van der Waals surface area (Å²) in [7, 11) is 3.32. The fourth-order valence-corrected chi connectivity index (χ4v) is 0.768. The lowest BCUT2D eigenvalue weighted by molar-refractivity contribution is -0.132. The quantitative estimate of drug-likeness (QED) is 0.592. The molecule has 62 valence electrons. The summed E-state index contributed by atoms with van der Waals surface area (Å²) in [6, 6.07) is 1.99. The summed E-state index contributed by atoms with van der Waals surface area (Å²) in [6.07, 6.45) is 0. The normalized spacial score (nSPS) is 12.4. The molecule has 0 aliphatic rings. The van der Waals surface area contributed by atoms with E-state index in [0.29, 0.717) is 0 Å². The van der Waals surface area contributed by atoms with E-state index in [4.69, 9.17) is 5.26 Å². The van der Waals surface area contributed by atoms with Crippen molar-refractivity contribution in [2.75, 3.05) is 14.1 Å². The SMILES string of the molecule is CC(C)C(C#N)C(=O)N(C)C. The van der Waals surface area contributed by atoms with Crippen LogP contribution in [0.15, 0.2) is 0 Å². The summed E-state index contributed by atoms with van der Waals surface area (Å²) >= 11 is 0. The maximum atomic E-state index is 11.2. The molecule has 1 amide bonds. The summed E-state index contributed by atoms with van der Waals surface area (Å²) in [6.45, 7) is 3.74. The van der Waals surface area contributed by atoms with E-state index < -0.39 is 5.92 Å². The predicted molar refractivity (Wildman–Crippen MR) is 42.6 cm³/mol. The Kier molecular flexibility index (Phi) is 3.59. The summed E-state index contributed by atoms with van der Waals surface area (Å²) in [5.74, 6) is -0.512. The first-order valence-corrected chi connectivity index (χ1v) is 3.61. The van der Waals surface area contributed by atoms with Crippen LogP contribution in [0.5, 0.6) is 0 Å². The molecular weight excluding hydrogens is 140 g/mol. The van der Waals surface area contributed by atoms with Crippen LogP contribution in [0.2, 0.25) is 0 Å². The minimum Gasteiger partial charge on any atom is -0.348 e. The molecule has 0 aromatic heterocycles. The van der Waals surface area contributed by atoms with E-state index in [1.54, 1.807) is 14.1 Å². The van der Waals surface area contributed by atoms with Crippen molar-refractivity contribution in [1.82, 2.24) is 4.90 Å². The van der Waals surface area contributed by atoms with Crippen molar-refractivity contribution in [3.63, 3.8) is 0 Å². The average molecular weight is 154 g/mol. The largest absolute Gasteiger partial charge is 0.348 e. The highest BCUT2D eigenvalue weighted by atomic mass is 16.2. The first-order chi connectivity index (χ1) is 5.00. The van der Waals surface area contributed by atoms with Crippen molar-refractivity contribution in [3.05, 3.63) is 0 Å². The molecule has 0 aliphatic carbocycles. The van der Waals surface area contributed by atoms with Crippen LogP contribution in [0.1, 0.15) is 13.8 Å². The van der Waals surface area contributed by atoms with Gasteiger partial charge in [-0.2, -0.15) is 5.26 Å². The molecule has 0 bridgehead atoms. The monoisotopic (exact) mass is 154 g/mol. The maximum Gasteiger partial charge on any atom is 0.239 e. The zero-order valence-electron chi connectivity index (χ0n) is 7.46. The molecule has 1 atom stereocenters. The van der Waals surface area contributed by atoms with Gasteiger partial charge in [0.15, 0.2) is 0 Å². The molecule has 0 aromatic rings. The molecule has 0 fully saturated rings. The Morgan fingerprint density at radius 1 is 1.45 bits per heavy atom. The molecule has 0 heterocycles. The van der Waals surface area contributed by atoms with Crippen LogP contribution in [0.3, 0.4) is 0 Å². The Morgan fingerprint density at radius 3 is 2.00 bits per heavy atom. The van der Waals surface area contributed by atoms with Gasteiger partial charge in [0.2, 0.25) is 5.91 Å². The number of amides is 1. The Bertz CT molecular complexity index is 179. The molecule has 0 saturated carbocycles. The minimum atomic E-state index is -0.495. The van der Waals surface area contributed by atoms with Crippen molar-refractivity contribution in [2.45, 2.75) is 13.8 Å². The lowest BCUT2D eigenvalue weighted by Crippen LogP contribution is -2.31. The third kappa shape index (κ3) is 2.58. The van der Waals surface area contributed by atoms with Crippen LogP contribution >= 0.6 is 0 Å². The van der Waals surface area contributed by atoms with E-state index in [9.17, 15) is 4.79 Å². The van der Waals surface area contributed by atoms with Crippen molar-refractivity contribution in [2.24, 2.45) is 11.8 Å². The zero-order valence-corrected chi connectivity index (χ0v) is 7.46. The number of hydrogen-bond donors (Lipinski definition) is 0. The highest BCUT2D eigenvalue weighted by Gasteiger charge is 2.22. The summed E-state index contributed by atoms with van der Waals surface area (Å²) in [5, 5.41) is 8.62. The van der Waals surface area contributed by atoms with Gasteiger partial charge in [-0.1, -0.05) is 13.8 Å². The third-order valence-electron chi connectivity index (χ3n) is 1.51. The van der Waals surface area contributed by atoms with Crippen molar-refractivity contribution >= 4 is 5.91 Å². The molecule has 3 nitrogen and oxygen atoms in total. The van der Waals surface area contributed by atoms with Crippen molar-refractivity contribution in [1.29, 1.82) is 5.26 Å². The van der Waals surface area contributed by atoms with E-state index in [-0.39, 0.29) is 11.8 Å². The van der Waals surface area contributed by atoms with Gasteiger partial charge < -0.3 is 4.90 Å². The number of carbonyl (C=O) groups excluding carboxylic acids is 1. The molecule has 0 rings (SSSR count). The van der Waals surface area contributed by atoms with Crippen LogP contribution in [-0.2, 0) is 4.79 Å². The Hall–Kier alpha value is -1.04. The number of carbonyl (C=O) groups is 1. The number of nitriles is 1. The van der Waals surface area contributed by atoms with E-state index in [0.717, 1.165) is 0 Å². The molecule has 0 aliphatic heterocycles. The van der Waals surface area contributed by atoms with Gasteiger partial charge in [-0.05, 0) is 5.92 Å². The van der Waals surface area contributed by atoms with Gasteiger partial charge in [0.1, 0.15) is 5.92 Å². The molecule has 0 radical (unpaired) electrons. The van der Waals surface area contributed by atoms with E-state index in [2.05, 4.69) is 0 Å². The van der Waals surface area contributed by atoms with Gasteiger partial charge in [0, 0.05) is 14.1 Å². The fraction of sp³-hybridized carbons (Fsp3) is 0.750. The second kappa shape index (κ2) is 3.97. The highest BCUT2D eigenvalue weighted by Crippen LogP contribution is 2.11. The van der Waals surface area contributed by atoms with Crippen LogP contribution < -0.4 is 0 Å². The van der Waals surface area contributed by atoms with E-state index >= 15 is 0 Å². The molecule has 0 N–H and O–H groups in total. The summed E-state index contributed by atoms with van der Waals surface area (Å²) in [4.78, 5) is 12.7. The molecule has 0 saturated heterocycles. The highest BCUT2D eigenvalue weighted by molar-refractivity contribution is 5.80. The minimum absolute atomic E-state index is 0.0925. The van der Waals surface area contributed by atoms with Gasteiger partial charge >= 0.3 is 0 Å². The second-order valence-corrected chi connectivity index (χ2v) is 3.08. The number of hydrogen-bond acceptors (Lipinski definition) is 2.